The molecular weight excluding hydrogens is 214 g/mol. The van der Waals surface area contributed by atoms with Gasteiger partial charge in [-0.05, 0) is 42.3 Å². The number of H-pyrrole nitrogens is 1. The number of hydrogen-bond donors (Lipinski definition) is 3. The number of rotatable bonds is 2. The van der Waals surface area contributed by atoms with Gasteiger partial charge in [-0.1, -0.05) is 0 Å². The summed E-state index contributed by atoms with van der Waals surface area (Å²) in [6.07, 6.45) is 2.75. The van der Waals surface area contributed by atoms with Gasteiger partial charge in [-0.2, -0.15) is 0 Å². The van der Waals surface area contributed by atoms with Crippen LogP contribution in [0.5, 0.6) is 0 Å². The summed E-state index contributed by atoms with van der Waals surface area (Å²) in [7, 11) is 0. The summed E-state index contributed by atoms with van der Waals surface area (Å²) in [6, 6.07) is 9.51. The van der Waals surface area contributed by atoms with Crippen molar-refractivity contribution in [1.29, 1.82) is 0 Å². The van der Waals surface area contributed by atoms with Crippen LogP contribution < -0.4 is 10.6 Å². The fourth-order valence-electron chi connectivity index (χ4n) is 2.05. The second kappa shape index (κ2) is 3.97. The van der Waals surface area contributed by atoms with E-state index in [0.717, 1.165) is 18.7 Å². The molecule has 4 heteroatoms. The number of fused-ring (bicyclic) bond motifs is 1. The third-order valence-electron chi connectivity index (χ3n) is 2.92. The first-order chi connectivity index (χ1) is 8.33. The van der Waals surface area contributed by atoms with Gasteiger partial charge in [0.2, 0.25) is 0 Å². The number of anilines is 2. The van der Waals surface area contributed by atoms with Crippen molar-refractivity contribution >= 4 is 17.3 Å². The number of nitrogens with one attached hydrogen (secondary N) is 3. The highest BCUT2D eigenvalue weighted by Gasteiger charge is 2.11. The summed E-state index contributed by atoms with van der Waals surface area (Å²) in [6.45, 7) is 0.976. The highest BCUT2D eigenvalue weighted by molar-refractivity contribution is 6.03. The van der Waals surface area contributed by atoms with E-state index in [1.165, 1.54) is 11.3 Å². The molecule has 1 amide bonds. The number of hydrogen-bond acceptors (Lipinski definition) is 2. The summed E-state index contributed by atoms with van der Waals surface area (Å²) in [5.41, 5.74) is 3.84. The standard InChI is InChI=1S/C13H13N3O/c17-13(12-2-1-6-14-12)16-10-3-4-11-9(8-10)5-7-15-11/h1-4,6,8,14-15H,5,7H2,(H,16,17). The lowest BCUT2D eigenvalue weighted by Crippen LogP contribution is -2.12. The molecule has 2 heterocycles. The van der Waals surface area contributed by atoms with Crippen molar-refractivity contribution in [3.8, 4) is 0 Å². The number of benzene rings is 1. The minimum absolute atomic E-state index is 0.110. The first-order valence-corrected chi connectivity index (χ1v) is 5.64. The van der Waals surface area contributed by atoms with Gasteiger partial charge < -0.3 is 15.6 Å². The third kappa shape index (κ3) is 1.89. The van der Waals surface area contributed by atoms with Crippen molar-refractivity contribution in [2.24, 2.45) is 0 Å². The van der Waals surface area contributed by atoms with Gasteiger partial charge in [0.05, 0.1) is 0 Å². The van der Waals surface area contributed by atoms with Gasteiger partial charge in [0, 0.05) is 24.1 Å². The lowest BCUT2D eigenvalue weighted by molar-refractivity contribution is 0.102. The van der Waals surface area contributed by atoms with Crippen LogP contribution in [0.3, 0.4) is 0 Å². The molecule has 0 radical (unpaired) electrons. The fourth-order valence-corrected chi connectivity index (χ4v) is 2.05. The monoisotopic (exact) mass is 227 g/mol. The molecule has 0 atom stereocenters. The van der Waals surface area contributed by atoms with Gasteiger partial charge in [-0.3, -0.25) is 4.79 Å². The van der Waals surface area contributed by atoms with Crippen LogP contribution in [0.4, 0.5) is 11.4 Å². The van der Waals surface area contributed by atoms with E-state index < -0.39 is 0 Å². The summed E-state index contributed by atoms with van der Waals surface area (Å²) in [5.74, 6) is -0.110. The smallest absolute Gasteiger partial charge is 0.272 e. The van der Waals surface area contributed by atoms with Crippen LogP contribution in [0, 0.1) is 0 Å². The van der Waals surface area contributed by atoms with E-state index >= 15 is 0 Å². The third-order valence-corrected chi connectivity index (χ3v) is 2.92. The maximum absolute atomic E-state index is 11.8. The molecule has 1 aromatic carbocycles. The molecule has 0 unspecified atom stereocenters. The second-order valence-electron chi connectivity index (χ2n) is 4.09. The zero-order valence-corrected chi connectivity index (χ0v) is 9.29. The Bertz CT molecular complexity index is 546. The van der Waals surface area contributed by atoms with Crippen molar-refractivity contribution < 1.29 is 4.79 Å². The Labute approximate surface area is 99.0 Å². The average Bonchev–Trinajstić information content (AvgIpc) is 2.99. The molecule has 4 nitrogen and oxygen atoms in total. The van der Waals surface area contributed by atoms with Crippen LogP contribution >= 0.6 is 0 Å². The minimum Gasteiger partial charge on any atom is -0.384 e. The van der Waals surface area contributed by atoms with Gasteiger partial charge in [-0.15, -0.1) is 0 Å². The van der Waals surface area contributed by atoms with Gasteiger partial charge in [0.1, 0.15) is 5.69 Å². The number of aromatic nitrogens is 1. The Kier molecular flexibility index (Phi) is 2.33. The van der Waals surface area contributed by atoms with Crippen molar-refractivity contribution in [3.05, 3.63) is 47.8 Å². The number of carbonyl (C=O) groups excluding carboxylic acids is 1. The summed E-state index contributed by atoms with van der Waals surface area (Å²) >= 11 is 0. The molecule has 1 aliphatic heterocycles. The van der Waals surface area contributed by atoms with E-state index in [4.69, 9.17) is 0 Å². The molecule has 0 fully saturated rings. The predicted octanol–water partition coefficient (Wildman–Crippen LogP) is 2.23. The van der Waals surface area contributed by atoms with E-state index in [1.54, 1.807) is 12.3 Å². The topological polar surface area (TPSA) is 56.9 Å². The Hall–Kier alpha value is -2.23. The summed E-state index contributed by atoms with van der Waals surface area (Å²) < 4.78 is 0. The molecule has 0 saturated carbocycles. The first-order valence-electron chi connectivity index (χ1n) is 5.64. The van der Waals surface area contributed by atoms with Crippen molar-refractivity contribution in [3.63, 3.8) is 0 Å². The molecule has 0 spiro atoms. The molecule has 1 aromatic heterocycles. The first kappa shape index (κ1) is 9.96. The highest BCUT2D eigenvalue weighted by Crippen LogP contribution is 2.25. The minimum atomic E-state index is -0.110. The average molecular weight is 227 g/mol. The van der Waals surface area contributed by atoms with Crippen molar-refractivity contribution in [2.75, 3.05) is 17.2 Å². The number of amides is 1. The SMILES string of the molecule is O=C(Nc1ccc2c(c1)CCN2)c1ccc[nH]1. The molecule has 0 bridgehead atoms. The summed E-state index contributed by atoms with van der Waals surface area (Å²) in [4.78, 5) is 14.7. The van der Waals surface area contributed by atoms with Crippen molar-refractivity contribution in [2.45, 2.75) is 6.42 Å². The van der Waals surface area contributed by atoms with Crippen LogP contribution in [0.25, 0.3) is 0 Å². The predicted molar refractivity (Wildman–Crippen MR) is 67.4 cm³/mol. The zero-order chi connectivity index (χ0) is 11.7. The molecule has 3 N–H and O–H groups in total. The maximum atomic E-state index is 11.8. The zero-order valence-electron chi connectivity index (χ0n) is 9.29. The Morgan fingerprint density at radius 3 is 3.06 bits per heavy atom. The summed E-state index contributed by atoms with van der Waals surface area (Å²) in [5, 5.41) is 6.17. The van der Waals surface area contributed by atoms with E-state index in [1.807, 2.05) is 24.3 Å². The Balaban J connectivity index is 1.80. The van der Waals surface area contributed by atoms with E-state index in [9.17, 15) is 4.79 Å². The van der Waals surface area contributed by atoms with E-state index in [-0.39, 0.29) is 5.91 Å². The van der Waals surface area contributed by atoms with Gasteiger partial charge in [0.15, 0.2) is 0 Å². The molecule has 2 aromatic rings. The maximum Gasteiger partial charge on any atom is 0.272 e. The number of aromatic amines is 1. The molecule has 17 heavy (non-hydrogen) atoms. The molecule has 1 aliphatic rings. The van der Waals surface area contributed by atoms with Crippen LogP contribution in [0.15, 0.2) is 36.5 Å². The lowest BCUT2D eigenvalue weighted by Gasteiger charge is -2.06. The molecule has 0 aliphatic carbocycles. The number of carbonyl (C=O) groups is 1. The van der Waals surface area contributed by atoms with Gasteiger partial charge in [-0.25, -0.2) is 0 Å². The van der Waals surface area contributed by atoms with Crippen LogP contribution in [0.2, 0.25) is 0 Å². The van der Waals surface area contributed by atoms with Crippen LogP contribution in [-0.4, -0.2) is 17.4 Å². The quantitative estimate of drug-likeness (QED) is 0.737. The fraction of sp³-hybridized carbons (Fsp3) is 0.154. The molecular formula is C13H13N3O. The van der Waals surface area contributed by atoms with Crippen LogP contribution in [-0.2, 0) is 6.42 Å². The molecule has 3 rings (SSSR count). The van der Waals surface area contributed by atoms with E-state index in [2.05, 4.69) is 15.6 Å². The molecule has 86 valence electrons. The second-order valence-corrected chi connectivity index (χ2v) is 4.09. The largest absolute Gasteiger partial charge is 0.384 e. The van der Waals surface area contributed by atoms with Gasteiger partial charge in [0.25, 0.3) is 5.91 Å². The Morgan fingerprint density at radius 1 is 1.29 bits per heavy atom. The van der Waals surface area contributed by atoms with E-state index in [0.29, 0.717) is 5.69 Å². The lowest BCUT2D eigenvalue weighted by atomic mass is 10.1. The Morgan fingerprint density at radius 2 is 2.24 bits per heavy atom. The normalized spacial score (nSPS) is 12.9. The van der Waals surface area contributed by atoms with Crippen LogP contribution in [0.1, 0.15) is 16.1 Å². The molecule has 0 saturated heterocycles. The van der Waals surface area contributed by atoms with Gasteiger partial charge >= 0.3 is 0 Å². The van der Waals surface area contributed by atoms with Crippen molar-refractivity contribution in [1.82, 2.24) is 4.98 Å². The highest BCUT2D eigenvalue weighted by atomic mass is 16.1.